The van der Waals surface area contributed by atoms with Crippen LogP contribution in [-0.2, 0) is 9.84 Å². The molecule has 1 N–H and O–H groups in total. The number of benzene rings is 1. The molecule has 1 aromatic rings. The highest BCUT2D eigenvalue weighted by Crippen LogP contribution is 2.27. The SMILES string of the molecule is Cc1cccc(C(=O)O)c1OC1CCS(=O)(=O)C1. The number of hydrogen-bond acceptors (Lipinski definition) is 4. The number of sulfone groups is 1. The Hall–Kier alpha value is -1.56. The summed E-state index contributed by atoms with van der Waals surface area (Å²) in [6.45, 7) is 1.74. The van der Waals surface area contributed by atoms with Gasteiger partial charge >= 0.3 is 5.97 Å². The zero-order chi connectivity index (χ0) is 13.3. The fourth-order valence-corrected chi connectivity index (χ4v) is 3.59. The van der Waals surface area contributed by atoms with Crippen LogP contribution in [0.25, 0.3) is 0 Å². The van der Waals surface area contributed by atoms with Crippen LogP contribution in [0.4, 0.5) is 0 Å². The summed E-state index contributed by atoms with van der Waals surface area (Å²) in [4.78, 5) is 11.1. The van der Waals surface area contributed by atoms with Gasteiger partial charge in [-0.15, -0.1) is 0 Å². The summed E-state index contributed by atoms with van der Waals surface area (Å²) < 4.78 is 28.3. The van der Waals surface area contributed by atoms with Crippen molar-refractivity contribution in [2.75, 3.05) is 11.5 Å². The summed E-state index contributed by atoms with van der Waals surface area (Å²) in [5.74, 6) is -0.742. The van der Waals surface area contributed by atoms with Gasteiger partial charge in [0.25, 0.3) is 0 Å². The van der Waals surface area contributed by atoms with Crippen LogP contribution in [0.1, 0.15) is 22.3 Å². The van der Waals surface area contributed by atoms with Crippen molar-refractivity contribution in [3.05, 3.63) is 29.3 Å². The minimum Gasteiger partial charge on any atom is -0.488 e. The molecule has 1 aliphatic heterocycles. The number of aromatic carboxylic acids is 1. The molecule has 2 rings (SSSR count). The van der Waals surface area contributed by atoms with Crippen LogP contribution in [-0.4, -0.2) is 37.1 Å². The summed E-state index contributed by atoms with van der Waals surface area (Å²) in [6.07, 6.45) is -0.0374. The molecule has 1 saturated heterocycles. The zero-order valence-corrected chi connectivity index (χ0v) is 10.7. The van der Waals surface area contributed by atoms with Crippen molar-refractivity contribution in [2.45, 2.75) is 19.4 Å². The van der Waals surface area contributed by atoms with Gasteiger partial charge in [0, 0.05) is 0 Å². The highest BCUT2D eigenvalue weighted by Gasteiger charge is 2.30. The summed E-state index contributed by atoms with van der Waals surface area (Å²) in [5, 5.41) is 9.07. The summed E-state index contributed by atoms with van der Waals surface area (Å²) in [6, 6.07) is 4.83. The standard InChI is InChI=1S/C12H14O5S/c1-8-3-2-4-10(12(13)14)11(8)17-9-5-6-18(15,16)7-9/h2-4,9H,5-7H2,1H3,(H,13,14). The lowest BCUT2D eigenvalue weighted by atomic mass is 10.1. The van der Waals surface area contributed by atoms with Gasteiger partial charge in [-0.1, -0.05) is 12.1 Å². The largest absolute Gasteiger partial charge is 0.488 e. The summed E-state index contributed by atoms with van der Waals surface area (Å²) in [5.41, 5.74) is 0.762. The Kier molecular flexibility index (Phi) is 3.30. The second-order valence-corrected chi connectivity index (χ2v) is 6.63. The molecule has 1 unspecified atom stereocenters. The van der Waals surface area contributed by atoms with Gasteiger partial charge in [-0.2, -0.15) is 0 Å². The van der Waals surface area contributed by atoms with Crippen LogP contribution in [0.2, 0.25) is 0 Å². The molecule has 0 aromatic heterocycles. The van der Waals surface area contributed by atoms with Crippen molar-refractivity contribution in [3.8, 4) is 5.75 Å². The number of carboxylic acids is 1. The molecule has 6 heteroatoms. The monoisotopic (exact) mass is 270 g/mol. The molecule has 0 saturated carbocycles. The number of rotatable bonds is 3. The first-order valence-corrected chi connectivity index (χ1v) is 7.41. The van der Waals surface area contributed by atoms with Crippen molar-refractivity contribution < 1.29 is 23.1 Å². The van der Waals surface area contributed by atoms with Crippen LogP contribution in [0, 0.1) is 6.92 Å². The smallest absolute Gasteiger partial charge is 0.339 e. The number of aryl methyl sites for hydroxylation is 1. The topological polar surface area (TPSA) is 80.7 Å². The second kappa shape index (κ2) is 4.61. The van der Waals surface area contributed by atoms with Crippen molar-refractivity contribution in [1.82, 2.24) is 0 Å². The van der Waals surface area contributed by atoms with E-state index in [1.165, 1.54) is 6.07 Å². The molecule has 1 aromatic carbocycles. The minimum atomic E-state index is -3.03. The number of para-hydroxylation sites is 1. The van der Waals surface area contributed by atoms with Crippen molar-refractivity contribution in [3.63, 3.8) is 0 Å². The Balaban J connectivity index is 2.27. The van der Waals surface area contributed by atoms with Gasteiger partial charge in [0.2, 0.25) is 0 Å². The van der Waals surface area contributed by atoms with Crippen LogP contribution in [0.5, 0.6) is 5.75 Å². The van der Waals surface area contributed by atoms with Crippen molar-refractivity contribution in [1.29, 1.82) is 0 Å². The Labute approximate surface area is 105 Å². The van der Waals surface area contributed by atoms with Gasteiger partial charge in [0.05, 0.1) is 11.5 Å². The van der Waals surface area contributed by atoms with Crippen LogP contribution >= 0.6 is 0 Å². The molecule has 0 amide bonds. The number of carbonyl (C=O) groups is 1. The molecule has 18 heavy (non-hydrogen) atoms. The number of hydrogen-bond donors (Lipinski definition) is 1. The number of carboxylic acid groups (broad SMARTS) is 1. The fraction of sp³-hybridized carbons (Fsp3) is 0.417. The van der Waals surface area contributed by atoms with E-state index in [2.05, 4.69) is 0 Å². The van der Waals surface area contributed by atoms with E-state index in [0.717, 1.165) is 0 Å². The predicted octanol–water partition coefficient (Wildman–Crippen LogP) is 1.26. The van der Waals surface area contributed by atoms with Crippen molar-refractivity contribution >= 4 is 15.8 Å². The maximum atomic E-state index is 11.3. The molecule has 1 aliphatic rings. The molecule has 0 aliphatic carbocycles. The Morgan fingerprint density at radius 3 is 2.72 bits per heavy atom. The molecule has 1 heterocycles. The second-order valence-electron chi connectivity index (χ2n) is 4.40. The third-order valence-electron chi connectivity index (χ3n) is 2.92. The third kappa shape index (κ3) is 2.64. The average molecular weight is 270 g/mol. The molecular weight excluding hydrogens is 256 g/mol. The highest BCUT2D eigenvalue weighted by molar-refractivity contribution is 7.91. The van der Waals surface area contributed by atoms with Gasteiger partial charge < -0.3 is 9.84 Å². The first-order chi connectivity index (χ1) is 8.39. The first-order valence-electron chi connectivity index (χ1n) is 5.59. The van der Waals surface area contributed by atoms with Gasteiger partial charge in [0.1, 0.15) is 17.4 Å². The average Bonchev–Trinajstić information content (AvgIpc) is 2.61. The minimum absolute atomic E-state index is 0.0413. The zero-order valence-electron chi connectivity index (χ0n) is 9.92. The maximum Gasteiger partial charge on any atom is 0.339 e. The molecule has 5 nitrogen and oxygen atoms in total. The van der Waals surface area contributed by atoms with Gasteiger partial charge in [-0.3, -0.25) is 0 Å². The highest BCUT2D eigenvalue weighted by atomic mass is 32.2. The normalized spacial score (nSPS) is 21.7. The molecule has 1 atom stereocenters. The Morgan fingerprint density at radius 1 is 1.44 bits per heavy atom. The van der Waals surface area contributed by atoms with Crippen LogP contribution in [0.15, 0.2) is 18.2 Å². The molecule has 0 radical (unpaired) electrons. The van der Waals surface area contributed by atoms with E-state index >= 15 is 0 Å². The first kappa shape index (κ1) is 12.9. The van der Waals surface area contributed by atoms with E-state index in [1.807, 2.05) is 0 Å². The Morgan fingerprint density at radius 2 is 2.17 bits per heavy atom. The molecule has 1 fully saturated rings. The van der Waals surface area contributed by atoms with Gasteiger partial charge in [-0.05, 0) is 25.0 Å². The fourth-order valence-electron chi connectivity index (χ4n) is 2.00. The van der Waals surface area contributed by atoms with Gasteiger partial charge in [-0.25, -0.2) is 13.2 Å². The van der Waals surface area contributed by atoms with Gasteiger partial charge in [0.15, 0.2) is 9.84 Å². The number of ether oxygens (including phenoxy) is 1. The van der Waals surface area contributed by atoms with Crippen LogP contribution < -0.4 is 4.74 Å². The quantitative estimate of drug-likeness (QED) is 0.894. The van der Waals surface area contributed by atoms with Crippen LogP contribution in [0.3, 0.4) is 0 Å². The summed E-state index contributed by atoms with van der Waals surface area (Å²) >= 11 is 0. The van der Waals surface area contributed by atoms with E-state index < -0.39 is 21.9 Å². The third-order valence-corrected chi connectivity index (χ3v) is 4.65. The molecule has 98 valence electrons. The molecule has 0 bridgehead atoms. The lowest BCUT2D eigenvalue weighted by Crippen LogP contribution is -2.19. The summed E-state index contributed by atoms with van der Waals surface area (Å²) in [7, 11) is -3.03. The molecular formula is C12H14O5S. The van der Waals surface area contributed by atoms with E-state index in [0.29, 0.717) is 12.0 Å². The Bertz CT molecular complexity index is 576. The van der Waals surface area contributed by atoms with Crippen molar-refractivity contribution in [2.24, 2.45) is 0 Å². The van der Waals surface area contributed by atoms with E-state index in [9.17, 15) is 13.2 Å². The lowest BCUT2D eigenvalue weighted by Gasteiger charge is -2.16. The van der Waals surface area contributed by atoms with E-state index in [-0.39, 0.29) is 22.8 Å². The van der Waals surface area contributed by atoms with E-state index in [1.54, 1.807) is 19.1 Å². The maximum absolute atomic E-state index is 11.3. The predicted molar refractivity (Wildman–Crippen MR) is 65.8 cm³/mol. The van der Waals surface area contributed by atoms with E-state index in [4.69, 9.17) is 9.84 Å². The lowest BCUT2D eigenvalue weighted by molar-refractivity contribution is 0.0690. The molecule has 0 spiro atoms.